The summed E-state index contributed by atoms with van der Waals surface area (Å²) in [5.41, 5.74) is -1.05. The quantitative estimate of drug-likeness (QED) is 0.415. The fourth-order valence-electron chi connectivity index (χ4n) is 4.33. The fraction of sp³-hybridized carbons (Fsp3) is 0.296. The number of carboxylic acids is 2. The van der Waals surface area contributed by atoms with Crippen LogP contribution >= 0.6 is 0 Å². The number of rotatable bonds is 6. The third kappa shape index (κ3) is 5.46. The van der Waals surface area contributed by atoms with Gasteiger partial charge >= 0.3 is 18.0 Å². The monoisotopic (exact) mass is 528 g/mol. The summed E-state index contributed by atoms with van der Waals surface area (Å²) in [6.07, 6.45) is 1.29. The minimum Gasteiger partial charge on any atom is -0.478 e. The van der Waals surface area contributed by atoms with Crippen molar-refractivity contribution in [1.82, 2.24) is 9.47 Å². The highest BCUT2D eigenvalue weighted by molar-refractivity contribution is 6.06. The zero-order valence-electron chi connectivity index (χ0n) is 20.9. The molecule has 1 amide bonds. The van der Waals surface area contributed by atoms with E-state index in [2.05, 4.69) is 0 Å². The van der Waals surface area contributed by atoms with Crippen LogP contribution in [0.2, 0.25) is 0 Å². The van der Waals surface area contributed by atoms with E-state index in [0.29, 0.717) is 18.5 Å². The van der Waals surface area contributed by atoms with Crippen LogP contribution in [0, 0.1) is 11.6 Å². The second-order valence-electron chi connectivity index (χ2n) is 9.83. The Morgan fingerprint density at radius 2 is 1.61 bits per heavy atom. The van der Waals surface area contributed by atoms with Crippen molar-refractivity contribution >= 4 is 18.0 Å². The molecule has 1 aliphatic rings. The third-order valence-corrected chi connectivity index (χ3v) is 5.96. The van der Waals surface area contributed by atoms with Crippen LogP contribution in [0.3, 0.4) is 0 Å². The number of carbonyl (C=O) groups excluding carboxylic acids is 1. The largest absolute Gasteiger partial charge is 0.478 e. The van der Waals surface area contributed by atoms with Crippen LogP contribution in [-0.4, -0.2) is 56.4 Å². The lowest BCUT2D eigenvalue weighted by molar-refractivity contribution is 0.0288. The van der Waals surface area contributed by atoms with Crippen LogP contribution in [0.25, 0.3) is 11.1 Å². The van der Waals surface area contributed by atoms with Gasteiger partial charge in [0.05, 0.1) is 11.6 Å². The molecule has 1 aromatic heterocycles. The molecule has 200 valence electrons. The summed E-state index contributed by atoms with van der Waals surface area (Å²) >= 11 is 0. The van der Waals surface area contributed by atoms with Crippen molar-refractivity contribution in [3.05, 3.63) is 71.6 Å². The van der Waals surface area contributed by atoms with Crippen molar-refractivity contribution in [3.63, 3.8) is 0 Å². The molecule has 0 unspecified atom stereocenters. The fourth-order valence-corrected chi connectivity index (χ4v) is 4.33. The molecule has 1 saturated heterocycles. The molecule has 9 nitrogen and oxygen atoms in total. The SMILES string of the molecule is CC(C)(C)OC(=O)N1CC[C@@H](n2cc(-c3ccc(Oc4c(F)cccc4F)cc3)c(C(=O)O)c2C(=O)O)C1. The van der Waals surface area contributed by atoms with Crippen molar-refractivity contribution < 1.29 is 42.9 Å². The summed E-state index contributed by atoms with van der Waals surface area (Å²) in [6, 6.07) is 8.53. The van der Waals surface area contributed by atoms with Crippen LogP contribution in [0.15, 0.2) is 48.7 Å². The van der Waals surface area contributed by atoms with Gasteiger partial charge in [0.1, 0.15) is 17.0 Å². The standard InChI is InChI=1S/C27H26F2N2O7/c1-27(2,3)38-26(36)30-12-11-16(13-30)31-14-18(21(24(32)33)22(31)25(34)35)15-7-9-17(10-8-15)37-23-19(28)5-4-6-20(23)29/h4-10,14,16H,11-13H2,1-3H3,(H,32,33)(H,34,35)/t16-/m1/s1. The minimum atomic E-state index is -1.44. The Kier molecular flexibility index (Phi) is 7.12. The lowest BCUT2D eigenvalue weighted by Crippen LogP contribution is -2.35. The average molecular weight is 529 g/mol. The molecule has 0 radical (unpaired) electrons. The van der Waals surface area contributed by atoms with E-state index in [9.17, 15) is 33.4 Å². The van der Waals surface area contributed by atoms with Crippen molar-refractivity contribution in [2.45, 2.75) is 38.8 Å². The Morgan fingerprint density at radius 1 is 0.974 bits per heavy atom. The van der Waals surface area contributed by atoms with Gasteiger partial charge in [-0.2, -0.15) is 0 Å². The number of benzene rings is 2. The first-order chi connectivity index (χ1) is 17.9. The van der Waals surface area contributed by atoms with Crippen LogP contribution < -0.4 is 4.74 Å². The molecule has 3 aromatic rings. The number of aromatic nitrogens is 1. The summed E-state index contributed by atoms with van der Waals surface area (Å²) in [5, 5.41) is 19.8. The molecule has 1 fully saturated rings. The van der Waals surface area contributed by atoms with Crippen molar-refractivity contribution in [2.75, 3.05) is 13.1 Å². The third-order valence-electron chi connectivity index (χ3n) is 5.96. The van der Waals surface area contributed by atoms with E-state index in [1.54, 1.807) is 20.8 Å². The van der Waals surface area contributed by atoms with E-state index in [1.165, 1.54) is 46.0 Å². The van der Waals surface area contributed by atoms with E-state index in [-0.39, 0.29) is 17.9 Å². The maximum absolute atomic E-state index is 13.9. The highest BCUT2D eigenvalue weighted by Crippen LogP contribution is 2.35. The number of ether oxygens (including phenoxy) is 2. The molecule has 2 aromatic carbocycles. The molecule has 11 heteroatoms. The van der Waals surface area contributed by atoms with Gasteiger partial charge in [0.25, 0.3) is 0 Å². The van der Waals surface area contributed by atoms with Crippen molar-refractivity contribution in [1.29, 1.82) is 0 Å². The summed E-state index contributed by atoms with van der Waals surface area (Å²) < 4.78 is 39.9. The maximum atomic E-state index is 13.9. The molecule has 2 N–H and O–H groups in total. The molecule has 0 spiro atoms. The second-order valence-corrected chi connectivity index (χ2v) is 9.83. The predicted octanol–water partition coefficient (Wildman–Crippen LogP) is 5.80. The van der Waals surface area contributed by atoms with E-state index >= 15 is 0 Å². The smallest absolute Gasteiger partial charge is 0.410 e. The Hall–Kier alpha value is -4.41. The normalized spacial score (nSPS) is 15.4. The summed E-state index contributed by atoms with van der Waals surface area (Å²) in [4.78, 5) is 38.3. The Labute approximate surface area is 216 Å². The topological polar surface area (TPSA) is 118 Å². The minimum absolute atomic E-state index is 0.0938. The Balaban J connectivity index is 1.66. The summed E-state index contributed by atoms with van der Waals surface area (Å²) in [5.74, 6) is -5.13. The predicted molar refractivity (Wildman–Crippen MR) is 132 cm³/mol. The lowest BCUT2D eigenvalue weighted by Gasteiger charge is -2.24. The van der Waals surface area contributed by atoms with Gasteiger partial charge in [0.15, 0.2) is 17.4 Å². The van der Waals surface area contributed by atoms with Gasteiger partial charge in [0.2, 0.25) is 0 Å². The van der Waals surface area contributed by atoms with Crippen LogP contribution in [0.4, 0.5) is 13.6 Å². The van der Waals surface area contributed by atoms with Gasteiger partial charge in [0, 0.05) is 24.8 Å². The van der Waals surface area contributed by atoms with Gasteiger partial charge in [-0.05, 0) is 57.0 Å². The van der Waals surface area contributed by atoms with E-state index < -0.39 is 58.3 Å². The number of para-hydroxylation sites is 1. The zero-order chi connectivity index (χ0) is 27.8. The highest BCUT2D eigenvalue weighted by atomic mass is 19.1. The molecule has 0 aliphatic carbocycles. The molecule has 2 heterocycles. The van der Waals surface area contributed by atoms with E-state index in [4.69, 9.17) is 9.47 Å². The molecular weight excluding hydrogens is 502 g/mol. The first-order valence-corrected chi connectivity index (χ1v) is 11.8. The number of hydrogen-bond acceptors (Lipinski definition) is 5. The molecule has 0 saturated carbocycles. The number of hydrogen-bond donors (Lipinski definition) is 2. The van der Waals surface area contributed by atoms with E-state index in [0.717, 1.165) is 12.1 Å². The number of halogens is 2. The van der Waals surface area contributed by atoms with Gasteiger partial charge in [-0.3, -0.25) is 0 Å². The first kappa shape index (κ1) is 26.6. The van der Waals surface area contributed by atoms with Crippen molar-refractivity contribution in [3.8, 4) is 22.6 Å². The number of nitrogens with zero attached hydrogens (tertiary/aromatic N) is 2. The number of carboxylic acid groups (broad SMARTS) is 2. The first-order valence-electron chi connectivity index (χ1n) is 11.8. The average Bonchev–Trinajstić information content (AvgIpc) is 3.46. The molecule has 1 aliphatic heterocycles. The summed E-state index contributed by atoms with van der Waals surface area (Å²) in [6.45, 7) is 5.67. The maximum Gasteiger partial charge on any atom is 0.410 e. The molecule has 4 rings (SSSR count). The highest BCUT2D eigenvalue weighted by Gasteiger charge is 2.35. The van der Waals surface area contributed by atoms with Gasteiger partial charge in [-0.1, -0.05) is 18.2 Å². The van der Waals surface area contributed by atoms with E-state index in [1.807, 2.05) is 0 Å². The number of carbonyl (C=O) groups is 3. The van der Waals surface area contributed by atoms with Gasteiger partial charge in [-0.15, -0.1) is 0 Å². The Morgan fingerprint density at radius 3 is 2.16 bits per heavy atom. The van der Waals surface area contributed by atoms with Gasteiger partial charge in [-0.25, -0.2) is 23.2 Å². The lowest BCUT2D eigenvalue weighted by atomic mass is 10.0. The second kappa shape index (κ2) is 10.2. The number of amides is 1. The molecule has 38 heavy (non-hydrogen) atoms. The van der Waals surface area contributed by atoms with Crippen LogP contribution in [0.1, 0.15) is 54.1 Å². The molecule has 1 atom stereocenters. The van der Waals surface area contributed by atoms with Crippen LogP contribution in [0.5, 0.6) is 11.5 Å². The Bertz CT molecular complexity index is 1370. The molecule has 0 bridgehead atoms. The number of likely N-dealkylation sites (tertiary alicyclic amines) is 1. The summed E-state index contributed by atoms with van der Waals surface area (Å²) in [7, 11) is 0. The van der Waals surface area contributed by atoms with Crippen LogP contribution in [-0.2, 0) is 4.74 Å². The van der Waals surface area contributed by atoms with Gasteiger partial charge < -0.3 is 29.2 Å². The zero-order valence-corrected chi connectivity index (χ0v) is 20.9. The number of aromatic carboxylic acids is 2. The molecular formula is C27H26F2N2O7. The van der Waals surface area contributed by atoms with Crippen molar-refractivity contribution in [2.24, 2.45) is 0 Å².